The summed E-state index contributed by atoms with van der Waals surface area (Å²) in [4.78, 5) is 17.1. The predicted molar refractivity (Wildman–Crippen MR) is 71.3 cm³/mol. The van der Waals surface area contributed by atoms with Crippen LogP contribution in [0.2, 0.25) is 0 Å². The fourth-order valence-corrected chi connectivity index (χ4v) is 3.52. The number of thiazole rings is 1. The second-order valence-electron chi connectivity index (χ2n) is 3.46. The van der Waals surface area contributed by atoms with Crippen molar-refractivity contribution in [3.8, 4) is 0 Å². The van der Waals surface area contributed by atoms with Gasteiger partial charge in [0.25, 0.3) is 0 Å². The van der Waals surface area contributed by atoms with Crippen LogP contribution in [0.15, 0.2) is 21.3 Å². The largest absolute Gasteiger partial charge is 0.299 e. The van der Waals surface area contributed by atoms with Gasteiger partial charge in [0.05, 0.1) is 14.5 Å². The minimum absolute atomic E-state index is 0.222. The van der Waals surface area contributed by atoms with Crippen LogP contribution in [-0.4, -0.2) is 10.8 Å². The van der Waals surface area contributed by atoms with Crippen LogP contribution in [-0.2, 0) is 17.6 Å². The average Bonchev–Trinajstić information content (AvgIpc) is 2.76. The first-order valence-electron chi connectivity index (χ1n) is 4.80. The van der Waals surface area contributed by atoms with E-state index in [9.17, 15) is 4.79 Å². The molecule has 0 saturated carbocycles. The number of halogens is 1. The van der Waals surface area contributed by atoms with Gasteiger partial charge < -0.3 is 0 Å². The maximum Gasteiger partial charge on any atom is 0.144 e. The molecular weight excluding hydrogens is 306 g/mol. The lowest BCUT2D eigenvalue weighted by Gasteiger charge is -1.95. The monoisotopic (exact) mass is 315 g/mol. The summed E-state index contributed by atoms with van der Waals surface area (Å²) in [6, 6.07) is 3.96. The van der Waals surface area contributed by atoms with Crippen molar-refractivity contribution in [2.75, 3.05) is 0 Å². The van der Waals surface area contributed by atoms with E-state index < -0.39 is 0 Å². The zero-order valence-electron chi connectivity index (χ0n) is 8.70. The third-order valence-electron chi connectivity index (χ3n) is 2.05. The number of hydrogen-bond acceptors (Lipinski definition) is 4. The molecule has 0 aliphatic rings. The van der Waals surface area contributed by atoms with Crippen LogP contribution < -0.4 is 0 Å². The van der Waals surface area contributed by atoms with Crippen LogP contribution in [0.3, 0.4) is 0 Å². The number of carbonyl (C=O) groups excluding carboxylic acids is 1. The third-order valence-corrected chi connectivity index (χ3v) is 4.49. The molecule has 0 radical (unpaired) electrons. The Bertz CT molecular complexity index is 459. The molecule has 0 unspecified atom stereocenters. The average molecular weight is 316 g/mol. The molecule has 0 aliphatic carbocycles. The van der Waals surface area contributed by atoms with Gasteiger partial charge in [-0.15, -0.1) is 22.7 Å². The van der Waals surface area contributed by atoms with E-state index in [-0.39, 0.29) is 5.78 Å². The molecule has 0 aromatic carbocycles. The molecule has 84 valence electrons. The van der Waals surface area contributed by atoms with E-state index in [2.05, 4.69) is 20.9 Å². The van der Waals surface area contributed by atoms with E-state index in [1.54, 1.807) is 22.7 Å². The van der Waals surface area contributed by atoms with Crippen LogP contribution in [0.25, 0.3) is 0 Å². The van der Waals surface area contributed by atoms with Gasteiger partial charge in [0, 0.05) is 23.1 Å². The van der Waals surface area contributed by atoms with E-state index in [0.29, 0.717) is 12.8 Å². The third kappa shape index (κ3) is 3.23. The van der Waals surface area contributed by atoms with Crippen LogP contribution in [0.5, 0.6) is 0 Å². The van der Waals surface area contributed by atoms with Crippen LogP contribution in [0, 0.1) is 6.92 Å². The lowest BCUT2D eigenvalue weighted by atomic mass is 10.1. The Hall–Kier alpha value is -0.520. The number of aromatic nitrogens is 1. The molecule has 0 spiro atoms. The highest BCUT2D eigenvalue weighted by Gasteiger charge is 2.09. The zero-order valence-corrected chi connectivity index (χ0v) is 11.9. The number of rotatable bonds is 4. The Kier molecular flexibility index (Phi) is 3.89. The molecule has 2 aromatic heterocycles. The topological polar surface area (TPSA) is 30.0 Å². The fraction of sp³-hybridized carbons (Fsp3) is 0.273. The molecule has 5 heteroatoms. The molecule has 0 fully saturated rings. The van der Waals surface area contributed by atoms with Gasteiger partial charge >= 0.3 is 0 Å². The molecule has 0 atom stereocenters. The highest BCUT2D eigenvalue weighted by Crippen LogP contribution is 2.22. The Labute approximate surface area is 110 Å². The van der Waals surface area contributed by atoms with Crippen molar-refractivity contribution in [1.82, 2.24) is 4.98 Å². The molecular formula is C11H10BrNOS2. The van der Waals surface area contributed by atoms with Gasteiger partial charge in [0.1, 0.15) is 5.78 Å². The first-order chi connectivity index (χ1) is 7.63. The lowest BCUT2D eigenvalue weighted by Crippen LogP contribution is -2.05. The van der Waals surface area contributed by atoms with Crippen molar-refractivity contribution in [1.29, 1.82) is 0 Å². The quantitative estimate of drug-likeness (QED) is 0.862. The summed E-state index contributed by atoms with van der Waals surface area (Å²) < 4.78 is 1.07. The number of thiophene rings is 1. The molecule has 0 aliphatic heterocycles. The predicted octanol–water partition coefficient (Wildman–Crippen LogP) is 3.63. The van der Waals surface area contributed by atoms with Crippen LogP contribution >= 0.6 is 38.6 Å². The molecule has 0 N–H and O–H groups in total. The number of ketones is 1. The smallest absolute Gasteiger partial charge is 0.144 e. The van der Waals surface area contributed by atoms with Crippen molar-refractivity contribution in [3.63, 3.8) is 0 Å². The van der Waals surface area contributed by atoms with E-state index in [4.69, 9.17) is 0 Å². The SMILES string of the molecule is Cc1nc(CC(=O)Cc2ccc(Br)s2)cs1. The maximum atomic E-state index is 11.8. The van der Waals surface area contributed by atoms with Crippen molar-refractivity contribution in [2.45, 2.75) is 19.8 Å². The van der Waals surface area contributed by atoms with Crippen LogP contribution in [0.1, 0.15) is 15.6 Å². The molecule has 2 nitrogen and oxygen atoms in total. The van der Waals surface area contributed by atoms with E-state index in [0.717, 1.165) is 19.4 Å². The molecule has 0 bridgehead atoms. The van der Waals surface area contributed by atoms with E-state index >= 15 is 0 Å². The second kappa shape index (κ2) is 5.21. The summed E-state index contributed by atoms with van der Waals surface area (Å²) in [5.41, 5.74) is 0.892. The maximum absolute atomic E-state index is 11.8. The molecule has 0 amide bonds. The summed E-state index contributed by atoms with van der Waals surface area (Å²) in [5, 5.41) is 2.97. The fourth-order valence-electron chi connectivity index (χ4n) is 1.40. The number of carbonyl (C=O) groups is 1. The molecule has 2 rings (SSSR count). The van der Waals surface area contributed by atoms with Gasteiger partial charge in [0.15, 0.2) is 0 Å². The summed E-state index contributed by atoms with van der Waals surface area (Å²) in [5.74, 6) is 0.222. The summed E-state index contributed by atoms with van der Waals surface area (Å²) >= 11 is 6.59. The van der Waals surface area contributed by atoms with Crippen molar-refractivity contribution < 1.29 is 4.79 Å². The van der Waals surface area contributed by atoms with Gasteiger partial charge in [-0.05, 0) is 35.0 Å². The van der Waals surface area contributed by atoms with E-state index in [1.165, 1.54) is 0 Å². The van der Waals surface area contributed by atoms with Crippen LogP contribution in [0.4, 0.5) is 0 Å². The van der Waals surface area contributed by atoms with E-state index in [1.807, 2.05) is 24.4 Å². The summed E-state index contributed by atoms with van der Waals surface area (Å²) in [7, 11) is 0. The second-order valence-corrected chi connectivity index (χ2v) is 7.07. The summed E-state index contributed by atoms with van der Waals surface area (Å²) in [6.07, 6.45) is 0.951. The minimum atomic E-state index is 0.222. The summed E-state index contributed by atoms with van der Waals surface area (Å²) in [6.45, 7) is 1.95. The number of aryl methyl sites for hydroxylation is 1. The van der Waals surface area contributed by atoms with Gasteiger partial charge in [-0.1, -0.05) is 0 Å². The molecule has 16 heavy (non-hydrogen) atoms. The first kappa shape index (κ1) is 12.0. The van der Waals surface area contributed by atoms with Crippen molar-refractivity contribution in [2.24, 2.45) is 0 Å². The molecule has 2 aromatic rings. The number of hydrogen-bond donors (Lipinski definition) is 0. The molecule has 0 saturated heterocycles. The Morgan fingerprint density at radius 2 is 2.25 bits per heavy atom. The lowest BCUT2D eigenvalue weighted by molar-refractivity contribution is -0.117. The standard InChI is InChI=1S/C11H10BrNOS2/c1-7-13-8(6-15-7)4-9(14)5-10-2-3-11(12)16-10/h2-3,6H,4-5H2,1H3. The van der Waals surface area contributed by atoms with Gasteiger partial charge in [-0.3, -0.25) is 4.79 Å². The number of nitrogens with zero attached hydrogens (tertiary/aromatic N) is 1. The first-order valence-corrected chi connectivity index (χ1v) is 7.29. The zero-order chi connectivity index (χ0) is 11.5. The minimum Gasteiger partial charge on any atom is -0.299 e. The van der Waals surface area contributed by atoms with Gasteiger partial charge in [0.2, 0.25) is 0 Å². The Morgan fingerprint density at radius 3 is 2.81 bits per heavy atom. The van der Waals surface area contributed by atoms with Crippen molar-refractivity contribution >= 4 is 44.4 Å². The number of Topliss-reactive ketones (excluding diaryl/α,β-unsaturated/α-hetero) is 1. The van der Waals surface area contributed by atoms with Gasteiger partial charge in [-0.2, -0.15) is 0 Å². The Balaban J connectivity index is 1.94. The van der Waals surface area contributed by atoms with Gasteiger partial charge in [-0.25, -0.2) is 4.98 Å². The highest BCUT2D eigenvalue weighted by atomic mass is 79.9. The Morgan fingerprint density at radius 1 is 1.44 bits per heavy atom. The highest BCUT2D eigenvalue weighted by molar-refractivity contribution is 9.11. The normalized spacial score (nSPS) is 10.6. The molecule has 2 heterocycles. The van der Waals surface area contributed by atoms with Crippen molar-refractivity contribution in [3.05, 3.63) is 36.9 Å².